The molecule has 6 nitrogen and oxygen atoms in total. The minimum Gasteiger partial charge on any atom is -0.497 e. The van der Waals surface area contributed by atoms with E-state index in [2.05, 4.69) is 5.32 Å². The average molecular weight is 453 g/mol. The predicted octanol–water partition coefficient (Wildman–Crippen LogP) is 5.25. The molecule has 9 heteroatoms. The molecular formula is C23H26F3NO5. The van der Waals surface area contributed by atoms with E-state index in [9.17, 15) is 22.8 Å². The summed E-state index contributed by atoms with van der Waals surface area (Å²) in [6.07, 6.45) is -5.74. The van der Waals surface area contributed by atoms with Crippen molar-refractivity contribution in [2.24, 2.45) is 0 Å². The summed E-state index contributed by atoms with van der Waals surface area (Å²) >= 11 is 0. The number of nitrogens with one attached hydrogen (secondary N) is 1. The number of benzene rings is 2. The number of esters is 1. The van der Waals surface area contributed by atoms with Gasteiger partial charge in [-0.15, -0.1) is 0 Å². The maximum absolute atomic E-state index is 13.4. The first kappa shape index (κ1) is 25.0. The van der Waals surface area contributed by atoms with E-state index in [0.717, 1.165) is 6.07 Å². The number of rotatable bonds is 8. The molecule has 2 aromatic rings. The fourth-order valence-corrected chi connectivity index (χ4v) is 2.88. The molecule has 2 rings (SSSR count). The molecule has 1 amide bonds. The van der Waals surface area contributed by atoms with Crippen LogP contribution in [0.5, 0.6) is 11.5 Å². The highest BCUT2D eigenvalue weighted by Gasteiger charge is 2.34. The third-order valence-electron chi connectivity index (χ3n) is 4.16. The molecule has 0 saturated carbocycles. The van der Waals surface area contributed by atoms with Gasteiger partial charge in [0.25, 0.3) is 0 Å². The van der Waals surface area contributed by atoms with Crippen LogP contribution in [0.15, 0.2) is 36.4 Å². The van der Waals surface area contributed by atoms with Crippen molar-refractivity contribution in [3.63, 3.8) is 0 Å². The molecule has 0 aliphatic heterocycles. The number of amides is 1. The van der Waals surface area contributed by atoms with Gasteiger partial charge in [0.05, 0.1) is 31.3 Å². The van der Waals surface area contributed by atoms with Crippen LogP contribution in [0.1, 0.15) is 49.2 Å². The fraction of sp³-hybridized carbons (Fsp3) is 0.391. The Balaban J connectivity index is 2.26. The molecule has 2 aromatic carbocycles. The van der Waals surface area contributed by atoms with Crippen molar-refractivity contribution in [2.75, 3.05) is 12.4 Å². The lowest BCUT2D eigenvalue weighted by Gasteiger charge is -2.17. The Hall–Kier alpha value is -3.23. The standard InChI is InChI=1S/C23H26F3NO5/c1-13(2)31-20-11-16(7-9-18(20)22(29)32-14(3)4)27-21(28)10-15-6-8-17(30-5)12-19(15)23(24,25)26/h6-9,11-14H,10H2,1-5H3,(H,27,28). The summed E-state index contributed by atoms with van der Waals surface area (Å²) in [6, 6.07) is 7.76. The molecule has 0 saturated heterocycles. The Morgan fingerprint density at radius 3 is 2.25 bits per heavy atom. The predicted molar refractivity (Wildman–Crippen MR) is 113 cm³/mol. The van der Waals surface area contributed by atoms with E-state index in [-0.39, 0.29) is 40.5 Å². The van der Waals surface area contributed by atoms with Crippen LogP contribution in [-0.4, -0.2) is 31.2 Å². The fourth-order valence-electron chi connectivity index (χ4n) is 2.88. The Kier molecular flexibility index (Phi) is 8.13. The molecule has 32 heavy (non-hydrogen) atoms. The number of alkyl halides is 3. The Morgan fingerprint density at radius 2 is 1.69 bits per heavy atom. The Labute approximate surface area is 184 Å². The maximum Gasteiger partial charge on any atom is 0.416 e. The van der Waals surface area contributed by atoms with Crippen LogP contribution in [-0.2, 0) is 22.1 Å². The van der Waals surface area contributed by atoms with E-state index in [1.54, 1.807) is 27.7 Å². The van der Waals surface area contributed by atoms with E-state index >= 15 is 0 Å². The van der Waals surface area contributed by atoms with Crippen LogP contribution in [0.4, 0.5) is 18.9 Å². The lowest BCUT2D eigenvalue weighted by atomic mass is 10.0. The van der Waals surface area contributed by atoms with Crippen LogP contribution < -0.4 is 14.8 Å². The molecule has 0 aliphatic carbocycles. The van der Waals surface area contributed by atoms with Gasteiger partial charge >= 0.3 is 12.1 Å². The summed E-state index contributed by atoms with van der Waals surface area (Å²) < 4.78 is 55.9. The van der Waals surface area contributed by atoms with Crippen LogP contribution in [0.3, 0.4) is 0 Å². The first-order valence-corrected chi connectivity index (χ1v) is 9.96. The van der Waals surface area contributed by atoms with Crippen molar-refractivity contribution in [1.82, 2.24) is 0 Å². The quantitative estimate of drug-likeness (QED) is 0.553. The molecule has 1 N–H and O–H groups in total. The van der Waals surface area contributed by atoms with Gasteiger partial charge in [0, 0.05) is 11.8 Å². The summed E-state index contributed by atoms with van der Waals surface area (Å²) in [4.78, 5) is 24.8. The average Bonchev–Trinajstić information content (AvgIpc) is 2.66. The van der Waals surface area contributed by atoms with Gasteiger partial charge in [0.2, 0.25) is 5.91 Å². The van der Waals surface area contributed by atoms with Gasteiger partial charge in [-0.2, -0.15) is 13.2 Å². The summed E-state index contributed by atoms with van der Waals surface area (Å²) in [6.45, 7) is 6.96. The number of methoxy groups -OCH3 is 1. The minimum absolute atomic E-state index is 0.0424. The molecule has 0 radical (unpaired) electrons. The second-order valence-electron chi connectivity index (χ2n) is 7.58. The molecule has 0 fully saturated rings. The molecule has 0 aromatic heterocycles. The van der Waals surface area contributed by atoms with Gasteiger partial charge in [0.15, 0.2) is 0 Å². The molecule has 174 valence electrons. The number of hydrogen-bond donors (Lipinski definition) is 1. The van der Waals surface area contributed by atoms with Crippen LogP contribution in [0.25, 0.3) is 0 Å². The van der Waals surface area contributed by atoms with Crippen molar-refractivity contribution < 1.29 is 37.0 Å². The highest BCUT2D eigenvalue weighted by atomic mass is 19.4. The number of hydrogen-bond acceptors (Lipinski definition) is 5. The summed E-state index contributed by atoms with van der Waals surface area (Å²) in [5, 5.41) is 2.55. The van der Waals surface area contributed by atoms with Gasteiger partial charge in [0.1, 0.15) is 17.1 Å². The third kappa shape index (κ3) is 6.90. The van der Waals surface area contributed by atoms with E-state index in [1.165, 1.54) is 37.4 Å². The first-order valence-electron chi connectivity index (χ1n) is 9.96. The molecule has 0 unspecified atom stereocenters. The largest absolute Gasteiger partial charge is 0.497 e. The lowest BCUT2D eigenvalue weighted by Crippen LogP contribution is -2.19. The van der Waals surface area contributed by atoms with E-state index in [4.69, 9.17) is 14.2 Å². The zero-order valence-electron chi connectivity index (χ0n) is 18.5. The second kappa shape index (κ2) is 10.4. The highest BCUT2D eigenvalue weighted by molar-refractivity contribution is 5.96. The van der Waals surface area contributed by atoms with Crippen LogP contribution >= 0.6 is 0 Å². The van der Waals surface area contributed by atoms with Crippen molar-refractivity contribution in [2.45, 2.75) is 52.5 Å². The van der Waals surface area contributed by atoms with E-state index in [1.807, 2.05) is 0 Å². The normalized spacial score (nSPS) is 11.4. The van der Waals surface area contributed by atoms with Gasteiger partial charge in [-0.05, 0) is 57.5 Å². The van der Waals surface area contributed by atoms with Gasteiger partial charge in [-0.25, -0.2) is 4.79 Å². The van der Waals surface area contributed by atoms with Gasteiger partial charge in [-0.1, -0.05) is 6.07 Å². The highest BCUT2D eigenvalue weighted by Crippen LogP contribution is 2.35. The molecule has 0 spiro atoms. The molecule has 0 atom stereocenters. The zero-order valence-corrected chi connectivity index (χ0v) is 18.5. The smallest absolute Gasteiger partial charge is 0.416 e. The van der Waals surface area contributed by atoms with Crippen molar-refractivity contribution in [1.29, 1.82) is 0 Å². The number of carbonyl (C=O) groups excluding carboxylic acids is 2. The second-order valence-corrected chi connectivity index (χ2v) is 7.58. The molecule has 0 heterocycles. The van der Waals surface area contributed by atoms with E-state index < -0.39 is 30.0 Å². The summed E-state index contributed by atoms with van der Waals surface area (Å²) in [7, 11) is 1.26. The number of carbonyl (C=O) groups is 2. The molecule has 0 aliphatic rings. The zero-order chi connectivity index (χ0) is 24.1. The van der Waals surface area contributed by atoms with E-state index in [0.29, 0.717) is 0 Å². The number of anilines is 1. The lowest BCUT2D eigenvalue weighted by molar-refractivity contribution is -0.138. The van der Waals surface area contributed by atoms with Crippen LogP contribution in [0, 0.1) is 0 Å². The molecular weight excluding hydrogens is 427 g/mol. The number of ether oxygens (including phenoxy) is 3. The maximum atomic E-state index is 13.4. The number of halogens is 3. The first-order chi connectivity index (χ1) is 14.9. The Bertz CT molecular complexity index is 971. The minimum atomic E-state index is -4.64. The topological polar surface area (TPSA) is 73.9 Å². The summed E-state index contributed by atoms with van der Waals surface area (Å²) in [5.74, 6) is -1.00. The summed E-state index contributed by atoms with van der Waals surface area (Å²) in [5.41, 5.74) is -0.678. The SMILES string of the molecule is COc1ccc(CC(=O)Nc2ccc(C(=O)OC(C)C)c(OC(C)C)c2)c(C(F)(F)F)c1. The van der Waals surface area contributed by atoms with Crippen molar-refractivity contribution in [3.8, 4) is 11.5 Å². The van der Waals surface area contributed by atoms with Gasteiger partial charge < -0.3 is 19.5 Å². The van der Waals surface area contributed by atoms with Crippen LogP contribution in [0.2, 0.25) is 0 Å². The van der Waals surface area contributed by atoms with Crippen molar-refractivity contribution >= 4 is 17.6 Å². The Morgan fingerprint density at radius 1 is 1.00 bits per heavy atom. The van der Waals surface area contributed by atoms with Crippen molar-refractivity contribution in [3.05, 3.63) is 53.1 Å². The van der Waals surface area contributed by atoms with Gasteiger partial charge in [-0.3, -0.25) is 4.79 Å². The monoisotopic (exact) mass is 453 g/mol. The third-order valence-corrected chi connectivity index (χ3v) is 4.16. The molecule has 0 bridgehead atoms.